The Labute approximate surface area is 214 Å². The second-order valence-corrected chi connectivity index (χ2v) is 9.78. The Hall–Kier alpha value is -2.87. The van der Waals surface area contributed by atoms with Crippen molar-refractivity contribution in [3.63, 3.8) is 0 Å². The number of carbonyl (C=O) groups is 3. The quantitative estimate of drug-likeness (QED) is 0.218. The average Bonchev–Trinajstić information content (AvgIpc) is 3.26. The molecule has 2 aromatic rings. The van der Waals surface area contributed by atoms with Crippen LogP contribution in [0.25, 0.3) is 10.9 Å². The molecule has 200 valence electrons. The zero-order chi connectivity index (χ0) is 26.3. The van der Waals surface area contributed by atoms with Gasteiger partial charge in [-0.25, -0.2) is 4.79 Å². The van der Waals surface area contributed by atoms with Gasteiger partial charge in [0.05, 0.1) is 13.2 Å². The Balaban J connectivity index is 1.91. The lowest BCUT2D eigenvalue weighted by atomic mass is 10.1. The van der Waals surface area contributed by atoms with E-state index in [0.717, 1.165) is 48.7 Å². The molecule has 4 N–H and O–H groups in total. The highest BCUT2D eigenvalue weighted by atomic mass is 16.5. The number of hydrogen-bond donors (Lipinski definition) is 3. The first-order valence-corrected chi connectivity index (χ1v) is 13.2. The van der Waals surface area contributed by atoms with Crippen molar-refractivity contribution in [2.45, 2.75) is 90.6 Å². The van der Waals surface area contributed by atoms with Crippen molar-refractivity contribution in [3.8, 4) is 0 Å². The number of nitrogens with two attached hydrogens (primary N) is 1. The summed E-state index contributed by atoms with van der Waals surface area (Å²) in [7, 11) is 0. The minimum absolute atomic E-state index is 0.00788. The molecule has 1 amide bonds. The Morgan fingerprint density at radius 3 is 2.42 bits per heavy atom. The van der Waals surface area contributed by atoms with Gasteiger partial charge in [0.1, 0.15) is 12.1 Å². The second kappa shape index (κ2) is 16.0. The van der Waals surface area contributed by atoms with Gasteiger partial charge in [-0.05, 0) is 42.7 Å². The number of H-pyrrole nitrogens is 1. The van der Waals surface area contributed by atoms with E-state index in [0.29, 0.717) is 19.1 Å². The van der Waals surface area contributed by atoms with Gasteiger partial charge in [0.15, 0.2) is 0 Å². The fourth-order valence-electron chi connectivity index (χ4n) is 3.81. The third-order valence-electron chi connectivity index (χ3n) is 6.05. The third kappa shape index (κ3) is 10.8. The smallest absolute Gasteiger partial charge is 0.329 e. The number of rotatable bonds is 17. The molecule has 0 aliphatic carbocycles. The third-order valence-corrected chi connectivity index (χ3v) is 6.05. The molecule has 8 heteroatoms. The first-order valence-electron chi connectivity index (χ1n) is 13.2. The van der Waals surface area contributed by atoms with Gasteiger partial charge in [0.2, 0.25) is 5.91 Å². The summed E-state index contributed by atoms with van der Waals surface area (Å²) in [6.07, 6.45) is 6.42. The van der Waals surface area contributed by atoms with E-state index in [2.05, 4.69) is 17.2 Å². The number of benzene rings is 1. The molecular weight excluding hydrogens is 458 g/mol. The average molecular weight is 502 g/mol. The van der Waals surface area contributed by atoms with Gasteiger partial charge >= 0.3 is 11.9 Å². The number of amides is 1. The highest BCUT2D eigenvalue weighted by molar-refractivity contribution is 5.86. The highest BCUT2D eigenvalue weighted by Crippen LogP contribution is 2.16. The van der Waals surface area contributed by atoms with Crippen molar-refractivity contribution in [2.75, 3.05) is 13.2 Å². The highest BCUT2D eigenvalue weighted by Gasteiger charge is 2.25. The van der Waals surface area contributed by atoms with E-state index < -0.39 is 24.0 Å². The van der Waals surface area contributed by atoms with E-state index in [1.165, 1.54) is 6.42 Å². The number of nitrogens with one attached hydrogen (secondary N) is 2. The first kappa shape index (κ1) is 29.4. The van der Waals surface area contributed by atoms with Crippen LogP contribution in [0.2, 0.25) is 0 Å². The molecule has 36 heavy (non-hydrogen) atoms. The number of hydrogen-bond acceptors (Lipinski definition) is 6. The summed E-state index contributed by atoms with van der Waals surface area (Å²) in [5.41, 5.74) is 7.69. The van der Waals surface area contributed by atoms with Crippen LogP contribution in [0, 0.1) is 5.92 Å². The van der Waals surface area contributed by atoms with Crippen molar-refractivity contribution < 1.29 is 23.9 Å². The number of esters is 2. The number of fused-ring (bicyclic) bond motifs is 1. The van der Waals surface area contributed by atoms with Crippen molar-refractivity contribution in [1.29, 1.82) is 0 Å². The molecule has 0 saturated heterocycles. The molecule has 0 saturated carbocycles. The van der Waals surface area contributed by atoms with Gasteiger partial charge < -0.3 is 25.5 Å². The van der Waals surface area contributed by atoms with Crippen molar-refractivity contribution in [2.24, 2.45) is 11.7 Å². The van der Waals surface area contributed by atoms with Crippen LogP contribution in [-0.2, 0) is 30.3 Å². The molecule has 1 heterocycles. The van der Waals surface area contributed by atoms with E-state index in [9.17, 15) is 14.4 Å². The van der Waals surface area contributed by atoms with E-state index in [-0.39, 0.29) is 25.2 Å². The summed E-state index contributed by atoms with van der Waals surface area (Å²) in [6.45, 7) is 6.88. The zero-order valence-electron chi connectivity index (χ0n) is 22.0. The number of ether oxygens (including phenoxy) is 2. The Morgan fingerprint density at radius 1 is 0.972 bits per heavy atom. The summed E-state index contributed by atoms with van der Waals surface area (Å²) in [5.74, 6) is -0.915. The van der Waals surface area contributed by atoms with Crippen LogP contribution in [-0.4, -0.2) is 48.1 Å². The second-order valence-electron chi connectivity index (χ2n) is 9.78. The topological polar surface area (TPSA) is 124 Å². The monoisotopic (exact) mass is 501 g/mol. The summed E-state index contributed by atoms with van der Waals surface area (Å²) in [6, 6.07) is 8.08. The predicted molar refractivity (Wildman–Crippen MR) is 141 cm³/mol. The maximum absolute atomic E-state index is 12.9. The number of aromatic nitrogens is 1. The van der Waals surface area contributed by atoms with Crippen LogP contribution in [0.4, 0.5) is 0 Å². The van der Waals surface area contributed by atoms with Crippen LogP contribution in [0.3, 0.4) is 0 Å². The lowest BCUT2D eigenvalue weighted by molar-refractivity contribution is -0.148. The van der Waals surface area contributed by atoms with Crippen LogP contribution >= 0.6 is 0 Å². The summed E-state index contributed by atoms with van der Waals surface area (Å²) < 4.78 is 10.7. The molecule has 8 nitrogen and oxygen atoms in total. The SMILES string of the molecule is CCCCCCCOC(=O)[C@H](Cc1cc2ccccc2[nH]1)NC(=O)CC[C@@H](N)C(=O)OCCC(C)C. The first-order chi connectivity index (χ1) is 17.3. The molecule has 2 rings (SSSR count). The normalized spacial score (nSPS) is 12.9. The largest absolute Gasteiger partial charge is 0.465 e. The fraction of sp³-hybridized carbons (Fsp3) is 0.607. The number of para-hydroxylation sites is 1. The number of aromatic amines is 1. The number of unbranched alkanes of at least 4 members (excludes halogenated alkanes) is 4. The van der Waals surface area contributed by atoms with Crippen LogP contribution in [0.5, 0.6) is 0 Å². The standard InChI is InChI=1S/C28H43N3O5/c1-4-5-6-7-10-16-35-28(34)25(19-22-18-21-11-8-9-12-24(21)30-22)31-26(32)14-13-23(29)27(33)36-17-15-20(2)3/h8-9,11-12,18,20,23,25,30H,4-7,10,13-17,19,29H2,1-3H3,(H,31,32)/t23-,25+/m1/s1. The molecular formula is C28H43N3O5. The number of carbonyl (C=O) groups excluding carboxylic acids is 3. The van der Waals surface area contributed by atoms with Crippen molar-refractivity contribution >= 4 is 28.7 Å². The molecule has 0 unspecified atom stereocenters. The molecule has 0 aliphatic rings. The van der Waals surface area contributed by atoms with Gasteiger partial charge in [0, 0.05) is 24.1 Å². The van der Waals surface area contributed by atoms with Crippen molar-refractivity contribution in [3.05, 3.63) is 36.0 Å². The molecule has 0 radical (unpaired) electrons. The van der Waals surface area contributed by atoms with Gasteiger partial charge in [-0.15, -0.1) is 0 Å². The maximum atomic E-state index is 12.9. The molecule has 1 aromatic carbocycles. The van der Waals surface area contributed by atoms with Gasteiger partial charge in [0.25, 0.3) is 0 Å². The van der Waals surface area contributed by atoms with Crippen LogP contribution < -0.4 is 11.1 Å². The van der Waals surface area contributed by atoms with Gasteiger partial charge in [-0.1, -0.05) is 64.7 Å². The summed E-state index contributed by atoms with van der Waals surface area (Å²) in [4.78, 5) is 40.9. The van der Waals surface area contributed by atoms with Gasteiger partial charge in [-0.2, -0.15) is 0 Å². The summed E-state index contributed by atoms with van der Waals surface area (Å²) in [5, 5.41) is 3.81. The molecule has 0 spiro atoms. The van der Waals surface area contributed by atoms with Crippen molar-refractivity contribution in [1.82, 2.24) is 10.3 Å². The lowest BCUT2D eigenvalue weighted by Crippen LogP contribution is -2.44. The van der Waals surface area contributed by atoms with E-state index in [1.807, 2.05) is 44.2 Å². The van der Waals surface area contributed by atoms with E-state index in [1.54, 1.807) is 0 Å². The molecule has 0 fully saturated rings. The van der Waals surface area contributed by atoms with Crippen LogP contribution in [0.15, 0.2) is 30.3 Å². The minimum atomic E-state index is -0.884. The molecule has 1 aromatic heterocycles. The summed E-state index contributed by atoms with van der Waals surface area (Å²) >= 11 is 0. The fourth-order valence-corrected chi connectivity index (χ4v) is 3.81. The molecule has 0 bridgehead atoms. The maximum Gasteiger partial charge on any atom is 0.329 e. The Kier molecular flexibility index (Phi) is 13.0. The minimum Gasteiger partial charge on any atom is -0.465 e. The van der Waals surface area contributed by atoms with E-state index >= 15 is 0 Å². The lowest BCUT2D eigenvalue weighted by Gasteiger charge is -2.18. The zero-order valence-corrected chi connectivity index (χ0v) is 22.0. The van der Waals surface area contributed by atoms with E-state index in [4.69, 9.17) is 15.2 Å². The van der Waals surface area contributed by atoms with Gasteiger partial charge in [-0.3, -0.25) is 9.59 Å². The molecule has 2 atom stereocenters. The molecule has 0 aliphatic heterocycles. The Morgan fingerprint density at radius 2 is 1.69 bits per heavy atom. The Bertz CT molecular complexity index is 923. The van der Waals surface area contributed by atoms with Crippen LogP contribution in [0.1, 0.15) is 77.8 Å². The predicted octanol–water partition coefficient (Wildman–Crippen LogP) is 4.41.